The first kappa shape index (κ1) is 16.5. The van der Waals surface area contributed by atoms with E-state index in [2.05, 4.69) is 10.6 Å². The normalized spacial score (nSPS) is 11.7. The van der Waals surface area contributed by atoms with Crippen molar-refractivity contribution in [2.24, 2.45) is 22.5 Å². The number of rotatable bonds is 8. The zero-order chi connectivity index (χ0) is 14.0. The van der Waals surface area contributed by atoms with Crippen LogP contribution in [0, 0.1) is 11.3 Å². The molecule has 0 aliphatic heterocycles. The summed E-state index contributed by atoms with van der Waals surface area (Å²) < 4.78 is 0. The fraction of sp³-hybridized carbons (Fsp3) is 0.800. The molecule has 0 saturated carbocycles. The average molecular weight is 260 g/mol. The smallest absolute Gasteiger partial charge is 0.238 e. The molecular formula is C10H24N6O2. The van der Waals surface area contributed by atoms with Gasteiger partial charge in [-0.05, 0) is 12.3 Å². The summed E-state index contributed by atoms with van der Waals surface area (Å²) in [5.74, 6) is -0.00271. The Morgan fingerprint density at radius 3 is 2.61 bits per heavy atom. The highest BCUT2D eigenvalue weighted by Crippen LogP contribution is 1.95. The highest BCUT2D eigenvalue weighted by Gasteiger charge is 2.06. The predicted molar refractivity (Wildman–Crippen MR) is 70.2 cm³/mol. The molecule has 0 aromatic carbocycles. The Kier molecular flexibility index (Phi) is 8.67. The van der Waals surface area contributed by atoms with Gasteiger partial charge in [-0.25, -0.2) is 10.3 Å². The van der Waals surface area contributed by atoms with Crippen molar-refractivity contribution in [2.45, 2.75) is 33.6 Å². The van der Waals surface area contributed by atoms with Crippen LogP contribution in [0.25, 0.3) is 0 Å². The monoisotopic (exact) mass is 260 g/mol. The minimum absolute atomic E-state index is 0.0256. The van der Waals surface area contributed by atoms with Crippen LogP contribution in [0.5, 0.6) is 0 Å². The molecule has 0 unspecified atom stereocenters. The second kappa shape index (κ2) is 9.49. The molecule has 8 nitrogen and oxygen atoms in total. The van der Waals surface area contributed by atoms with Crippen LogP contribution in [0.4, 0.5) is 0 Å². The van der Waals surface area contributed by atoms with Crippen molar-refractivity contribution in [3.8, 4) is 0 Å². The molecule has 18 heavy (non-hydrogen) atoms. The summed E-state index contributed by atoms with van der Waals surface area (Å²) in [6.07, 6.45) is 1.82. The molecule has 0 rings (SSSR count). The highest BCUT2D eigenvalue weighted by molar-refractivity contribution is 5.79. The van der Waals surface area contributed by atoms with E-state index in [1.165, 1.54) is 0 Å². The molecule has 6 N–H and O–H groups in total. The van der Waals surface area contributed by atoms with Crippen LogP contribution in [0.2, 0.25) is 0 Å². The van der Waals surface area contributed by atoms with Gasteiger partial charge in [0.1, 0.15) is 0 Å². The first-order chi connectivity index (χ1) is 8.47. The minimum atomic E-state index is -0.347. The summed E-state index contributed by atoms with van der Waals surface area (Å²) in [4.78, 5) is 10.2. The van der Waals surface area contributed by atoms with Gasteiger partial charge in [0.25, 0.3) is 0 Å². The van der Waals surface area contributed by atoms with Crippen molar-refractivity contribution in [1.29, 1.82) is 5.41 Å². The molecule has 0 bridgehead atoms. The van der Waals surface area contributed by atoms with Crippen molar-refractivity contribution in [1.82, 2.24) is 10.7 Å². The average Bonchev–Trinajstić information content (AvgIpc) is 2.27. The van der Waals surface area contributed by atoms with Gasteiger partial charge in [-0.2, -0.15) is 0 Å². The van der Waals surface area contributed by atoms with Gasteiger partial charge in [-0.15, -0.1) is 5.10 Å². The highest BCUT2D eigenvalue weighted by atomic mass is 16.7. The van der Waals surface area contributed by atoms with Crippen LogP contribution in [0.3, 0.4) is 0 Å². The summed E-state index contributed by atoms with van der Waals surface area (Å²) >= 11 is 0. The second-order valence-electron chi connectivity index (χ2n) is 4.14. The number of nitrogens with one attached hydrogen (secondary N) is 2. The maximum absolute atomic E-state index is 7.27. The Balaban J connectivity index is 4.13. The number of hydroxylamine groups is 2. The van der Waals surface area contributed by atoms with E-state index in [9.17, 15) is 0 Å². The van der Waals surface area contributed by atoms with E-state index >= 15 is 0 Å². The van der Waals surface area contributed by atoms with Gasteiger partial charge in [0.15, 0.2) is 0 Å². The number of nitrogens with two attached hydrogens (primary N) is 2. The maximum atomic E-state index is 7.27. The van der Waals surface area contributed by atoms with Gasteiger partial charge >= 0.3 is 0 Å². The molecule has 0 atom stereocenters. The molecule has 0 aliphatic carbocycles. The van der Waals surface area contributed by atoms with Crippen molar-refractivity contribution in [3.05, 3.63) is 0 Å². The van der Waals surface area contributed by atoms with Gasteiger partial charge in [-0.3, -0.25) is 10.2 Å². The summed E-state index contributed by atoms with van der Waals surface area (Å²) in [5, 5.41) is 11.9. The fourth-order valence-corrected chi connectivity index (χ4v) is 0.848. The van der Waals surface area contributed by atoms with Gasteiger partial charge in [0.05, 0.1) is 13.2 Å². The van der Waals surface area contributed by atoms with E-state index < -0.39 is 0 Å². The predicted octanol–water partition coefficient (Wildman–Crippen LogP) is 0.320. The van der Waals surface area contributed by atoms with Crippen molar-refractivity contribution >= 4 is 11.9 Å². The van der Waals surface area contributed by atoms with Crippen LogP contribution >= 0.6 is 0 Å². The Labute approximate surface area is 108 Å². The molecule has 0 heterocycles. The van der Waals surface area contributed by atoms with Crippen LogP contribution in [-0.2, 0) is 9.68 Å². The number of hydrogen-bond acceptors (Lipinski definition) is 4. The van der Waals surface area contributed by atoms with Crippen molar-refractivity contribution in [3.63, 3.8) is 0 Å². The van der Waals surface area contributed by atoms with E-state index in [1.807, 2.05) is 20.8 Å². The number of guanidine groups is 2. The van der Waals surface area contributed by atoms with E-state index in [0.717, 1.165) is 18.0 Å². The quantitative estimate of drug-likeness (QED) is 0.216. The number of nitrogens with zero attached hydrogens (tertiary/aromatic N) is 2. The molecule has 0 amide bonds. The van der Waals surface area contributed by atoms with Gasteiger partial charge < -0.3 is 11.5 Å². The van der Waals surface area contributed by atoms with Crippen molar-refractivity contribution < 1.29 is 9.68 Å². The lowest BCUT2D eigenvalue weighted by Crippen LogP contribution is -2.39. The van der Waals surface area contributed by atoms with E-state index in [-0.39, 0.29) is 11.9 Å². The number of unbranched alkanes of at least 4 members (excludes halogenated alkanes) is 1. The Hall–Kier alpha value is -1.54. The second-order valence-corrected chi connectivity index (χ2v) is 4.14. The first-order valence-corrected chi connectivity index (χ1v) is 5.96. The minimum Gasteiger partial charge on any atom is -0.367 e. The van der Waals surface area contributed by atoms with Crippen LogP contribution in [0.15, 0.2) is 5.10 Å². The standard InChI is InChI=1S/C10H24N6O2/c1-4-5-6-18-16(9(11)12)14-10(13)15-17-7-8(2)3/h8H,4-7H2,1-3H3,(H3,11,12)(H3,13,14,15). The number of hydrogen-bond donors (Lipinski definition) is 4. The van der Waals surface area contributed by atoms with E-state index in [1.54, 1.807) is 0 Å². The third-order valence-corrected chi connectivity index (χ3v) is 1.71. The summed E-state index contributed by atoms with van der Waals surface area (Å²) in [6.45, 7) is 6.95. The third kappa shape index (κ3) is 8.59. The molecule has 0 aromatic rings. The fourth-order valence-electron chi connectivity index (χ4n) is 0.848. The zero-order valence-corrected chi connectivity index (χ0v) is 11.3. The van der Waals surface area contributed by atoms with Crippen molar-refractivity contribution in [2.75, 3.05) is 13.2 Å². The molecular weight excluding hydrogens is 236 g/mol. The molecule has 0 saturated heterocycles. The number of hydrazone groups is 1. The molecule has 106 valence electrons. The largest absolute Gasteiger partial charge is 0.367 e. The van der Waals surface area contributed by atoms with Crippen LogP contribution in [-0.4, -0.2) is 30.3 Å². The molecule has 0 fully saturated rings. The van der Waals surface area contributed by atoms with Gasteiger partial charge in [-0.1, -0.05) is 32.4 Å². The Morgan fingerprint density at radius 1 is 1.44 bits per heavy atom. The topological polar surface area (TPSA) is 122 Å². The lowest BCUT2D eigenvalue weighted by Gasteiger charge is -2.16. The Bertz CT molecular complexity index is 269. The summed E-state index contributed by atoms with van der Waals surface area (Å²) in [5.41, 5.74) is 13.3. The molecule has 0 spiro atoms. The lowest BCUT2D eigenvalue weighted by molar-refractivity contribution is -0.102. The maximum Gasteiger partial charge on any atom is 0.238 e. The molecule has 0 aromatic heterocycles. The molecule has 0 radical (unpaired) electrons. The first-order valence-electron chi connectivity index (χ1n) is 5.96. The zero-order valence-electron chi connectivity index (χ0n) is 11.3. The van der Waals surface area contributed by atoms with Crippen LogP contribution < -0.4 is 16.9 Å². The molecule has 0 aliphatic rings. The third-order valence-electron chi connectivity index (χ3n) is 1.71. The lowest BCUT2D eigenvalue weighted by atomic mass is 10.2. The Morgan fingerprint density at radius 2 is 2.11 bits per heavy atom. The van der Waals surface area contributed by atoms with E-state index in [4.69, 9.17) is 26.6 Å². The summed E-state index contributed by atoms with van der Waals surface area (Å²) in [7, 11) is 0. The van der Waals surface area contributed by atoms with E-state index in [0.29, 0.717) is 19.1 Å². The van der Waals surface area contributed by atoms with Gasteiger partial charge in [0, 0.05) is 0 Å². The summed E-state index contributed by atoms with van der Waals surface area (Å²) in [6, 6.07) is 0. The van der Waals surface area contributed by atoms with Crippen LogP contribution in [0.1, 0.15) is 33.6 Å². The molecule has 8 heteroatoms. The SMILES string of the molecule is CCCCON(N=C(N)NOCC(C)C)C(=N)N. The van der Waals surface area contributed by atoms with Gasteiger partial charge in [0.2, 0.25) is 11.9 Å².